The van der Waals surface area contributed by atoms with Crippen LogP contribution in [-0.4, -0.2) is 5.78 Å². The number of benzene rings is 1. The van der Waals surface area contributed by atoms with Crippen molar-refractivity contribution in [2.45, 2.75) is 32.1 Å². The Labute approximate surface area is 122 Å². The van der Waals surface area contributed by atoms with Crippen LogP contribution < -0.4 is 5.32 Å². The predicted molar refractivity (Wildman–Crippen MR) is 76.5 cm³/mol. The van der Waals surface area contributed by atoms with Crippen LogP contribution in [0.2, 0.25) is 0 Å². The monoisotopic (exact) mass is 282 g/mol. The van der Waals surface area contributed by atoms with Crippen LogP contribution in [0.3, 0.4) is 0 Å². The van der Waals surface area contributed by atoms with E-state index in [0.717, 1.165) is 18.5 Å². The molecule has 0 amide bonds. The minimum atomic E-state index is -0.583. The topological polar surface area (TPSA) is 52.9 Å². The second-order valence-electron chi connectivity index (χ2n) is 5.40. The van der Waals surface area contributed by atoms with Crippen molar-refractivity contribution in [1.82, 2.24) is 5.32 Å². The number of carbonyl (C=O) groups excluding carboxylic acids is 1. The first-order chi connectivity index (χ1) is 10.1. The Balaban J connectivity index is 2.23. The molecule has 4 heteroatoms. The fraction of sp³-hybridized carbons (Fsp3) is 0.294. The van der Waals surface area contributed by atoms with E-state index in [4.69, 9.17) is 0 Å². The lowest BCUT2D eigenvalue weighted by molar-refractivity contribution is -0.116. The van der Waals surface area contributed by atoms with Gasteiger partial charge < -0.3 is 5.32 Å². The summed E-state index contributed by atoms with van der Waals surface area (Å²) < 4.78 is 14.2. The van der Waals surface area contributed by atoms with Gasteiger partial charge in [-0.1, -0.05) is 18.2 Å². The van der Waals surface area contributed by atoms with E-state index in [2.05, 4.69) is 11.4 Å². The Kier molecular flexibility index (Phi) is 3.34. The summed E-state index contributed by atoms with van der Waals surface area (Å²) in [6.07, 6.45) is 2.02. The molecule has 1 heterocycles. The fourth-order valence-electron chi connectivity index (χ4n) is 3.15. The van der Waals surface area contributed by atoms with Crippen LogP contribution in [0.4, 0.5) is 4.39 Å². The molecule has 0 unspecified atom stereocenters. The lowest BCUT2D eigenvalue weighted by Crippen LogP contribution is -2.31. The Hall–Kier alpha value is -2.41. The number of nitrogens with one attached hydrogen (secondary N) is 1. The summed E-state index contributed by atoms with van der Waals surface area (Å²) in [6.45, 7) is 1.80. The van der Waals surface area contributed by atoms with E-state index in [1.165, 1.54) is 6.07 Å². The highest BCUT2D eigenvalue weighted by Crippen LogP contribution is 2.42. The smallest absolute Gasteiger partial charge is 0.161 e. The van der Waals surface area contributed by atoms with E-state index in [0.29, 0.717) is 28.8 Å². The third kappa shape index (κ3) is 2.15. The first-order valence-electron chi connectivity index (χ1n) is 7.02. The molecule has 1 N–H and O–H groups in total. The molecule has 0 aromatic heterocycles. The number of halogens is 1. The Morgan fingerprint density at radius 1 is 1.33 bits per heavy atom. The van der Waals surface area contributed by atoms with Crippen molar-refractivity contribution < 1.29 is 9.18 Å². The average molecular weight is 282 g/mol. The maximum atomic E-state index is 14.2. The van der Waals surface area contributed by atoms with Gasteiger partial charge in [0.05, 0.1) is 17.6 Å². The van der Waals surface area contributed by atoms with E-state index in [1.807, 2.05) is 0 Å². The summed E-state index contributed by atoms with van der Waals surface area (Å²) in [7, 11) is 0. The molecule has 2 aliphatic rings. The van der Waals surface area contributed by atoms with E-state index in [-0.39, 0.29) is 11.6 Å². The van der Waals surface area contributed by atoms with Gasteiger partial charge in [-0.25, -0.2) is 4.39 Å². The van der Waals surface area contributed by atoms with Crippen LogP contribution in [-0.2, 0) is 4.79 Å². The van der Waals surface area contributed by atoms with Crippen molar-refractivity contribution in [3.63, 3.8) is 0 Å². The molecular weight excluding hydrogens is 267 g/mol. The van der Waals surface area contributed by atoms with Crippen molar-refractivity contribution in [3.8, 4) is 6.07 Å². The maximum Gasteiger partial charge on any atom is 0.161 e. The molecule has 106 valence electrons. The number of allylic oxidation sites excluding steroid dienone is 4. The third-order valence-corrected chi connectivity index (χ3v) is 4.11. The Bertz CT molecular complexity index is 725. The zero-order valence-corrected chi connectivity index (χ0v) is 11.7. The highest BCUT2D eigenvalue weighted by atomic mass is 19.1. The van der Waals surface area contributed by atoms with Gasteiger partial charge in [-0.2, -0.15) is 5.26 Å². The van der Waals surface area contributed by atoms with Crippen molar-refractivity contribution >= 4 is 5.78 Å². The van der Waals surface area contributed by atoms with Gasteiger partial charge in [0, 0.05) is 29.0 Å². The Morgan fingerprint density at radius 3 is 2.81 bits per heavy atom. The first kappa shape index (κ1) is 13.6. The molecule has 0 saturated heterocycles. The highest BCUT2D eigenvalue weighted by Gasteiger charge is 2.36. The maximum absolute atomic E-state index is 14.2. The minimum absolute atomic E-state index is 0.0113. The van der Waals surface area contributed by atoms with Crippen LogP contribution in [0.1, 0.15) is 37.7 Å². The number of hydrogen-bond acceptors (Lipinski definition) is 3. The van der Waals surface area contributed by atoms with E-state index in [1.54, 1.807) is 25.1 Å². The summed E-state index contributed by atoms with van der Waals surface area (Å²) in [6, 6.07) is 8.52. The van der Waals surface area contributed by atoms with E-state index in [9.17, 15) is 14.4 Å². The zero-order valence-electron chi connectivity index (χ0n) is 11.7. The molecule has 1 aromatic rings. The predicted octanol–water partition coefficient (Wildman–Crippen LogP) is 3.32. The van der Waals surface area contributed by atoms with Crippen LogP contribution >= 0.6 is 0 Å². The molecule has 0 bridgehead atoms. The molecule has 21 heavy (non-hydrogen) atoms. The van der Waals surface area contributed by atoms with Crippen LogP contribution in [0.15, 0.2) is 46.8 Å². The minimum Gasteiger partial charge on any atom is -0.361 e. The molecule has 1 aliphatic heterocycles. The standard InChI is InChI=1S/C17H15FN2O/c1-10-12(9-19)16(11-5-2-3-6-13(11)18)17-14(20-10)7-4-8-15(17)21/h2-3,5-6,16,20H,4,7-8H2,1H3/t16-/m1/s1. The van der Waals surface area contributed by atoms with Gasteiger partial charge >= 0.3 is 0 Å². The second kappa shape index (κ2) is 5.17. The molecule has 0 radical (unpaired) electrons. The number of nitriles is 1. The number of rotatable bonds is 1. The Morgan fingerprint density at radius 2 is 2.10 bits per heavy atom. The lowest BCUT2D eigenvalue weighted by Gasteiger charge is -2.32. The SMILES string of the molecule is CC1=C(C#N)[C@@H](c2ccccc2F)C2=C(CCCC2=O)N1. The lowest BCUT2D eigenvalue weighted by atomic mass is 9.75. The summed E-state index contributed by atoms with van der Waals surface area (Å²) in [4.78, 5) is 12.3. The van der Waals surface area contributed by atoms with E-state index >= 15 is 0 Å². The molecule has 3 rings (SSSR count). The molecule has 0 spiro atoms. The summed E-state index contributed by atoms with van der Waals surface area (Å²) >= 11 is 0. The summed E-state index contributed by atoms with van der Waals surface area (Å²) in [5.74, 6) is -0.951. The van der Waals surface area contributed by atoms with Crippen molar-refractivity contribution in [2.24, 2.45) is 0 Å². The molecule has 0 saturated carbocycles. The van der Waals surface area contributed by atoms with Crippen molar-refractivity contribution in [3.05, 3.63) is 58.2 Å². The van der Waals surface area contributed by atoms with Crippen LogP contribution in [0, 0.1) is 17.1 Å². The number of Topliss-reactive ketones (excluding diaryl/α,β-unsaturated/α-hetero) is 1. The zero-order chi connectivity index (χ0) is 15.0. The van der Waals surface area contributed by atoms with E-state index < -0.39 is 5.92 Å². The number of nitrogens with zero attached hydrogens (tertiary/aromatic N) is 1. The number of carbonyl (C=O) groups is 1. The van der Waals surface area contributed by atoms with Gasteiger partial charge in [-0.3, -0.25) is 4.79 Å². The normalized spacial score (nSPS) is 21.8. The van der Waals surface area contributed by atoms with Gasteiger partial charge in [0.2, 0.25) is 0 Å². The van der Waals surface area contributed by atoms with Gasteiger partial charge in [-0.15, -0.1) is 0 Å². The van der Waals surface area contributed by atoms with Gasteiger partial charge in [-0.05, 0) is 25.8 Å². The van der Waals surface area contributed by atoms with Gasteiger partial charge in [0.25, 0.3) is 0 Å². The van der Waals surface area contributed by atoms with Crippen LogP contribution in [0.5, 0.6) is 0 Å². The molecule has 0 fully saturated rings. The highest BCUT2D eigenvalue weighted by molar-refractivity contribution is 5.99. The number of hydrogen-bond donors (Lipinski definition) is 1. The second-order valence-corrected chi connectivity index (χ2v) is 5.40. The molecule has 3 nitrogen and oxygen atoms in total. The molecule has 1 atom stereocenters. The van der Waals surface area contributed by atoms with Crippen molar-refractivity contribution in [1.29, 1.82) is 5.26 Å². The van der Waals surface area contributed by atoms with Gasteiger partial charge in [0.15, 0.2) is 5.78 Å². The fourth-order valence-corrected chi connectivity index (χ4v) is 3.15. The largest absolute Gasteiger partial charge is 0.361 e. The quantitative estimate of drug-likeness (QED) is 0.859. The van der Waals surface area contributed by atoms with Crippen molar-refractivity contribution in [2.75, 3.05) is 0 Å². The number of dihydropyridines is 1. The first-order valence-corrected chi connectivity index (χ1v) is 7.02. The summed E-state index contributed by atoms with van der Waals surface area (Å²) in [5.41, 5.74) is 2.94. The number of ketones is 1. The third-order valence-electron chi connectivity index (χ3n) is 4.11. The molecular formula is C17H15FN2O. The molecule has 1 aliphatic carbocycles. The average Bonchev–Trinajstić information content (AvgIpc) is 2.47. The van der Waals surface area contributed by atoms with Gasteiger partial charge in [0.1, 0.15) is 5.82 Å². The summed E-state index contributed by atoms with van der Waals surface area (Å²) in [5, 5.41) is 12.6. The van der Waals surface area contributed by atoms with Crippen LogP contribution in [0.25, 0.3) is 0 Å². The molecule has 1 aromatic carbocycles.